The van der Waals surface area contributed by atoms with E-state index < -0.39 is 0 Å². The third kappa shape index (κ3) is 3.15. The minimum atomic E-state index is 0.201. The molecule has 0 bridgehead atoms. The average Bonchev–Trinajstić information content (AvgIpc) is 3.31. The number of ether oxygens (including phenoxy) is 1. The highest BCUT2D eigenvalue weighted by atomic mass is 32.1. The number of benzene rings is 2. The van der Waals surface area contributed by atoms with E-state index in [9.17, 15) is 4.79 Å². The predicted octanol–water partition coefficient (Wildman–Crippen LogP) is 4.61. The summed E-state index contributed by atoms with van der Waals surface area (Å²) in [6.07, 6.45) is 1.57. The van der Waals surface area contributed by atoms with Crippen LogP contribution in [0.3, 0.4) is 0 Å². The summed E-state index contributed by atoms with van der Waals surface area (Å²) in [6.45, 7) is 0.800. The number of nitrogens with zero attached hydrogens (tertiary/aromatic N) is 2. The van der Waals surface area contributed by atoms with Crippen molar-refractivity contribution in [3.63, 3.8) is 0 Å². The molecule has 0 radical (unpaired) electrons. The summed E-state index contributed by atoms with van der Waals surface area (Å²) in [5.41, 5.74) is 3.95. The van der Waals surface area contributed by atoms with E-state index in [1.54, 1.807) is 18.4 Å². The molecule has 0 saturated carbocycles. The zero-order valence-corrected chi connectivity index (χ0v) is 14.8. The molecule has 1 saturated heterocycles. The lowest BCUT2D eigenvalue weighted by atomic mass is 10.1. The van der Waals surface area contributed by atoms with Gasteiger partial charge in [-0.2, -0.15) is 0 Å². The Balaban J connectivity index is 1.65. The van der Waals surface area contributed by atoms with Gasteiger partial charge in [0.05, 0.1) is 12.8 Å². The molecular formula is C20H18N2O2S. The second-order valence-electron chi connectivity index (χ2n) is 5.97. The van der Waals surface area contributed by atoms with Crippen molar-refractivity contribution >= 4 is 22.9 Å². The summed E-state index contributed by atoms with van der Waals surface area (Å²) in [5, 5.41) is 3.01. The smallest absolute Gasteiger partial charge is 0.227 e. The number of rotatable bonds is 4. The van der Waals surface area contributed by atoms with Gasteiger partial charge in [-0.1, -0.05) is 24.3 Å². The third-order valence-corrected chi connectivity index (χ3v) is 5.24. The van der Waals surface area contributed by atoms with Gasteiger partial charge in [0.2, 0.25) is 5.91 Å². The fourth-order valence-corrected chi connectivity index (χ4v) is 3.88. The predicted molar refractivity (Wildman–Crippen MR) is 101 cm³/mol. The first kappa shape index (κ1) is 15.8. The van der Waals surface area contributed by atoms with E-state index in [2.05, 4.69) is 5.38 Å². The van der Waals surface area contributed by atoms with Crippen molar-refractivity contribution < 1.29 is 9.53 Å². The summed E-state index contributed by atoms with van der Waals surface area (Å²) in [4.78, 5) is 18.6. The van der Waals surface area contributed by atoms with E-state index in [0.717, 1.165) is 46.2 Å². The normalized spacial score (nSPS) is 14.1. The SMILES string of the molecule is COc1cccc(-c2nc(-c3cccc(N4CCCC4=O)c3)cs2)c1. The maximum atomic E-state index is 12.0. The number of carbonyl (C=O) groups is 1. The van der Waals surface area contributed by atoms with Crippen LogP contribution in [0.25, 0.3) is 21.8 Å². The quantitative estimate of drug-likeness (QED) is 0.690. The van der Waals surface area contributed by atoms with Gasteiger partial charge in [0.1, 0.15) is 10.8 Å². The van der Waals surface area contributed by atoms with Crippen molar-refractivity contribution in [3.8, 4) is 27.6 Å². The molecule has 2 aromatic carbocycles. The van der Waals surface area contributed by atoms with Crippen LogP contribution in [0.4, 0.5) is 5.69 Å². The molecule has 1 aliphatic heterocycles. The van der Waals surface area contributed by atoms with Gasteiger partial charge in [0.15, 0.2) is 0 Å². The molecule has 0 unspecified atom stereocenters. The number of hydrogen-bond donors (Lipinski definition) is 0. The molecular weight excluding hydrogens is 332 g/mol. The lowest BCUT2D eigenvalue weighted by molar-refractivity contribution is -0.117. The van der Waals surface area contributed by atoms with E-state index in [1.165, 1.54) is 0 Å². The number of hydrogen-bond acceptors (Lipinski definition) is 4. The molecule has 0 atom stereocenters. The highest BCUT2D eigenvalue weighted by molar-refractivity contribution is 7.13. The summed E-state index contributed by atoms with van der Waals surface area (Å²) in [6, 6.07) is 16.0. The van der Waals surface area contributed by atoms with E-state index in [0.29, 0.717) is 6.42 Å². The Kier molecular flexibility index (Phi) is 4.24. The van der Waals surface area contributed by atoms with Gasteiger partial charge in [-0.15, -0.1) is 11.3 Å². The summed E-state index contributed by atoms with van der Waals surface area (Å²) >= 11 is 1.61. The number of methoxy groups -OCH3 is 1. The first-order valence-corrected chi connectivity index (χ1v) is 9.13. The van der Waals surface area contributed by atoms with Gasteiger partial charge in [-0.3, -0.25) is 4.79 Å². The van der Waals surface area contributed by atoms with Crippen LogP contribution in [0, 0.1) is 0 Å². The van der Waals surface area contributed by atoms with Crippen LogP contribution in [0.2, 0.25) is 0 Å². The number of amides is 1. The second-order valence-corrected chi connectivity index (χ2v) is 6.83. The van der Waals surface area contributed by atoms with Crippen molar-refractivity contribution in [3.05, 3.63) is 53.9 Å². The fraction of sp³-hybridized carbons (Fsp3) is 0.200. The highest BCUT2D eigenvalue weighted by Crippen LogP contribution is 2.32. The molecule has 4 nitrogen and oxygen atoms in total. The summed E-state index contributed by atoms with van der Waals surface area (Å²) in [7, 11) is 1.66. The molecule has 3 aromatic rings. The number of aromatic nitrogens is 1. The van der Waals surface area contributed by atoms with Crippen molar-refractivity contribution in [1.29, 1.82) is 0 Å². The molecule has 5 heteroatoms. The fourth-order valence-electron chi connectivity index (χ4n) is 3.05. The molecule has 1 aliphatic rings. The molecule has 1 amide bonds. The minimum absolute atomic E-state index is 0.201. The zero-order chi connectivity index (χ0) is 17.2. The first-order chi connectivity index (χ1) is 12.2. The zero-order valence-electron chi connectivity index (χ0n) is 13.9. The number of thiazole rings is 1. The lowest BCUT2D eigenvalue weighted by Crippen LogP contribution is -2.23. The topological polar surface area (TPSA) is 42.4 Å². The number of carbonyl (C=O) groups excluding carboxylic acids is 1. The van der Waals surface area contributed by atoms with Crippen LogP contribution in [0.1, 0.15) is 12.8 Å². The third-order valence-electron chi connectivity index (χ3n) is 4.35. The second kappa shape index (κ2) is 6.69. The molecule has 0 N–H and O–H groups in total. The molecule has 25 heavy (non-hydrogen) atoms. The van der Waals surface area contributed by atoms with Crippen LogP contribution in [-0.2, 0) is 4.79 Å². The van der Waals surface area contributed by atoms with Crippen LogP contribution < -0.4 is 9.64 Å². The minimum Gasteiger partial charge on any atom is -0.497 e. The van der Waals surface area contributed by atoms with Gasteiger partial charge in [-0.25, -0.2) is 4.98 Å². The van der Waals surface area contributed by atoms with Crippen LogP contribution >= 0.6 is 11.3 Å². The van der Waals surface area contributed by atoms with Gasteiger partial charge < -0.3 is 9.64 Å². The lowest BCUT2D eigenvalue weighted by Gasteiger charge is -2.16. The van der Waals surface area contributed by atoms with Crippen molar-refractivity contribution in [2.75, 3.05) is 18.6 Å². The highest BCUT2D eigenvalue weighted by Gasteiger charge is 2.22. The van der Waals surface area contributed by atoms with E-state index in [4.69, 9.17) is 9.72 Å². The van der Waals surface area contributed by atoms with E-state index in [1.807, 2.05) is 53.4 Å². The Morgan fingerprint density at radius 3 is 2.76 bits per heavy atom. The Labute approximate surface area is 150 Å². The van der Waals surface area contributed by atoms with Gasteiger partial charge in [-0.05, 0) is 30.7 Å². The molecule has 1 aromatic heterocycles. The maximum absolute atomic E-state index is 12.0. The molecule has 126 valence electrons. The molecule has 4 rings (SSSR count). The largest absolute Gasteiger partial charge is 0.497 e. The molecule has 0 aliphatic carbocycles. The molecule has 0 spiro atoms. The summed E-state index contributed by atoms with van der Waals surface area (Å²) < 4.78 is 5.29. The van der Waals surface area contributed by atoms with Gasteiger partial charge >= 0.3 is 0 Å². The monoisotopic (exact) mass is 350 g/mol. The summed E-state index contributed by atoms with van der Waals surface area (Å²) in [5.74, 6) is 1.02. The Hall–Kier alpha value is -2.66. The average molecular weight is 350 g/mol. The Morgan fingerprint density at radius 2 is 1.96 bits per heavy atom. The molecule has 1 fully saturated rings. The standard InChI is InChI=1S/C20H18N2O2S/c1-24-17-8-3-6-15(12-17)20-21-18(13-25-20)14-5-2-7-16(11-14)22-10-4-9-19(22)23/h2-3,5-8,11-13H,4,9-10H2,1H3. The Morgan fingerprint density at radius 1 is 1.12 bits per heavy atom. The van der Waals surface area contributed by atoms with E-state index in [-0.39, 0.29) is 5.91 Å². The van der Waals surface area contributed by atoms with Crippen LogP contribution in [0.5, 0.6) is 5.75 Å². The van der Waals surface area contributed by atoms with Crippen molar-refractivity contribution in [2.45, 2.75) is 12.8 Å². The van der Waals surface area contributed by atoms with Crippen molar-refractivity contribution in [1.82, 2.24) is 4.98 Å². The van der Waals surface area contributed by atoms with E-state index >= 15 is 0 Å². The van der Waals surface area contributed by atoms with Crippen LogP contribution in [-0.4, -0.2) is 24.5 Å². The van der Waals surface area contributed by atoms with Gasteiger partial charge in [0, 0.05) is 35.2 Å². The maximum Gasteiger partial charge on any atom is 0.227 e. The van der Waals surface area contributed by atoms with Crippen LogP contribution in [0.15, 0.2) is 53.9 Å². The Bertz CT molecular complexity index is 919. The first-order valence-electron chi connectivity index (χ1n) is 8.25. The van der Waals surface area contributed by atoms with Gasteiger partial charge in [0.25, 0.3) is 0 Å². The van der Waals surface area contributed by atoms with Crippen molar-refractivity contribution in [2.24, 2.45) is 0 Å². The number of anilines is 1. The molecule has 2 heterocycles.